The SMILES string of the molecule is CCOC(=O)C1CCN(C(=O)COC(=O)/C=C/c2cnn(Cc3ccccc3)c2)CC1. The Morgan fingerprint density at radius 2 is 1.87 bits per heavy atom. The molecule has 0 bridgehead atoms. The highest BCUT2D eigenvalue weighted by molar-refractivity contribution is 5.89. The van der Waals surface area contributed by atoms with Gasteiger partial charge in [0.2, 0.25) is 0 Å². The third-order valence-corrected chi connectivity index (χ3v) is 5.06. The summed E-state index contributed by atoms with van der Waals surface area (Å²) in [5, 5.41) is 4.27. The van der Waals surface area contributed by atoms with Gasteiger partial charge in [-0.25, -0.2) is 4.79 Å². The van der Waals surface area contributed by atoms with E-state index in [1.807, 2.05) is 36.5 Å². The average molecular weight is 425 g/mol. The molecule has 1 amide bonds. The van der Waals surface area contributed by atoms with Gasteiger partial charge in [0.15, 0.2) is 6.61 Å². The molecule has 0 saturated carbocycles. The van der Waals surface area contributed by atoms with Crippen LogP contribution in [0.2, 0.25) is 0 Å². The zero-order valence-corrected chi connectivity index (χ0v) is 17.6. The first-order valence-electron chi connectivity index (χ1n) is 10.4. The summed E-state index contributed by atoms with van der Waals surface area (Å²) in [6.45, 7) is 3.36. The molecule has 1 fully saturated rings. The molecule has 0 aliphatic carbocycles. The maximum Gasteiger partial charge on any atom is 0.331 e. The Balaban J connectivity index is 1.39. The van der Waals surface area contributed by atoms with Gasteiger partial charge < -0.3 is 14.4 Å². The van der Waals surface area contributed by atoms with Crippen molar-refractivity contribution in [2.45, 2.75) is 26.3 Å². The van der Waals surface area contributed by atoms with Gasteiger partial charge in [0.25, 0.3) is 5.91 Å². The van der Waals surface area contributed by atoms with Gasteiger partial charge in [0.05, 0.1) is 25.3 Å². The van der Waals surface area contributed by atoms with Crippen molar-refractivity contribution >= 4 is 23.9 Å². The summed E-state index contributed by atoms with van der Waals surface area (Å²) < 4.78 is 11.9. The summed E-state index contributed by atoms with van der Waals surface area (Å²) in [6, 6.07) is 9.94. The first-order valence-corrected chi connectivity index (χ1v) is 10.4. The van der Waals surface area contributed by atoms with E-state index in [9.17, 15) is 14.4 Å². The minimum Gasteiger partial charge on any atom is -0.466 e. The van der Waals surface area contributed by atoms with Crippen molar-refractivity contribution in [3.05, 3.63) is 59.9 Å². The van der Waals surface area contributed by atoms with E-state index in [0.29, 0.717) is 39.1 Å². The third-order valence-electron chi connectivity index (χ3n) is 5.06. The monoisotopic (exact) mass is 425 g/mol. The minimum absolute atomic E-state index is 0.169. The van der Waals surface area contributed by atoms with Crippen LogP contribution in [0.3, 0.4) is 0 Å². The molecular weight excluding hydrogens is 398 g/mol. The Kier molecular flexibility index (Phi) is 7.98. The zero-order valence-electron chi connectivity index (χ0n) is 17.6. The molecule has 0 atom stereocenters. The molecule has 3 rings (SSSR count). The molecule has 8 nitrogen and oxygen atoms in total. The number of likely N-dealkylation sites (tertiary alicyclic amines) is 1. The standard InChI is InChI=1S/C23H27N3O5/c1-2-30-23(29)20-10-12-25(13-11-20)21(27)17-31-22(28)9-8-19-14-24-26(16-19)15-18-6-4-3-5-7-18/h3-9,14,16,20H,2,10-13,15,17H2,1H3/b9-8+. The molecule has 2 heterocycles. The summed E-state index contributed by atoms with van der Waals surface area (Å²) in [6.07, 6.45) is 7.49. The zero-order chi connectivity index (χ0) is 22.1. The first-order chi connectivity index (χ1) is 15.0. The molecule has 1 aliphatic rings. The van der Waals surface area contributed by atoms with Crippen LogP contribution in [0.15, 0.2) is 48.8 Å². The van der Waals surface area contributed by atoms with Crippen molar-refractivity contribution in [3.63, 3.8) is 0 Å². The highest BCUT2D eigenvalue weighted by Gasteiger charge is 2.28. The van der Waals surface area contributed by atoms with Crippen LogP contribution in [0, 0.1) is 5.92 Å². The number of piperidine rings is 1. The van der Waals surface area contributed by atoms with Crippen LogP contribution in [-0.4, -0.2) is 58.8 Å². The molecule has 1 aromatic heterocycles. The van der Waals surface area contributed by atoms with Crippen molar-refractivity contribution in [2.75, 3.05) is 26.3 Å². The Morgan fingerprint density at radius 3 is 2.58 bits per heavy atom. The molecule has 1 saturated heterocycles. The van der Waals surface area contributed by atoms with Crippen LogP contribution in [-0.2, 0) is 30.4 Å². The maximum atomic E-state index is 12.3. The van der Waals surface area contributed by atoms with E-state index in [4.69, 9.17) is 9.47 Å². The molecule has 0 unspecified atom stereocenters. The van der Waals surface area contributed by atoms with E-state index >= 15 is 0 Å². The van der Waals surface area contributed by atoms with Gasteiger partial charge in [-0.3, -0.25) is 14.3 Å². The highest BCUT2D eigenvalue weighted by atomic mass is 16.5. The number of hydrogen-bond acceptors (Lipinski definition) is 6. The molecule has 8 heteroatoms. The molecule has 0 spiro atoms. The van der Waals surface area contributed by atoms with Gasteiger partial charge in [-0.15, -0.1) is 0 Å². The largest absolute Gasteiger partial charge is 0.466 e. The number of carbonyl (C=O) groups is 3. The summed E-state index contributed by atoms with van der Waals surface area (Å²) in [5.41, 5.74) is 1.89. The van der Waals surface area contributed by atoms with E-state index in [-0.39, 0.29) is 24.4 Å². The van der Waals surface area contributed by atoms with Gasteiger partial charge in [0.1, 0.15) is 0 Å². The Labute approximate surface area is 181 Å². The number of benzene rings is 1. The van der Waals surface area contributed by atoms with Gasteiger partial charge in [0, 0.05) is 30.9 Å². The van der Waals surface area contributed by atoms with Crippen LogP contribution < -0.4 is 0 Å². The number of amides is 1. The number of nitrogens with zero attached hydrogens (tertiary/aromatic N) is 3. The van der Waals surface area contributed by atoms with Crippen LogP contribution in [0.1, 0.15) is 30.9 Å². The second kappa shape index (κ2) is 11.1. The minimum atomic E-state index is -0.592. The molecule has 1 aromatic carbocycles. The quantitative estimate of drug-likeness (QED) is 0.476. The molecule has 1 aliphatic heterocycles. The lowest BCUT2D eigenvalue weighted by Gasteiger charge is -2.30. The third kappa shape index (κ3) is 6.80. The van der Waals surface area contributed by atoms with Gasteiger partial charge in [-0.1, -0.05) is 30.3 Å². The smallest absolute Gasteiger partial charge is 0.331 e. The fraction of sp³-hybridized carbons (Fsp3) is 0.391. The van der Waals surface area contributed by atoms with Crippen LogP contribution >= 0.6 is 0 Å². The van der Waals surface area contributed by atoms with E-state index in [2.05, 4.69) is 5.10 Å². The van der Waals surface area contributed by atoms with Crippen molar-refractivity contribution < 1.29 is 23.9 Å². The van der Waals surface area contributed by atoms with Crippen molar-refractivity contribution in [2.24, 2.45) is 5.92 Å². The molecular formula is C23H27N3O5. The van der Waals surface area contributed by atoms with Crippen molar-refractivity contribution in [1.29, 1.82) is 0 Å². The van der Waals surface area contributed by atoms with Crippen LogP contribution in [0.25, 0.3) is 6.08 Å². The second-order valence-corrected chi connectivity index (χ2v) is 7.30. The number of aromatic nitrogens is 2. The summed E-state index contributed by atoms with van der Waals surface area (Å²) >= 11 is 0. The number of rotatable bonds is 8. The summed E-state index contributed by atoms with van der Waals surface area (Å²) in [5.74, 6) is -1.24. The maximum absolute atomic E-state index is 12.3. The molecule has 2 aromatic rings. The lowest BCUT2D eigenvalue weighted by Crippen LogP contribution is -2.42. The van der Waals surface area contributed by atoms with Gasteiger partial charge >= 0.3 is 11.9 Å². The Morgan fingerprint density at radius 1 is 1.13 bits per heavy atom. The summed E-state index contributed by atoms with van der Waals surface area (Å²) in [7, 11) is 0. The van der Waals surface area contributed by atoms with E-state index in [1.165, 1.54) is 6.08 Å². The van der Waals surface area contributed by atoms with Crippen molar-refractivity contribution in [1.82, 2.24) is 14.7 Å². The highest BCUT2D eigenvalue weighted by Crippen LogP contribution is 2.18. The van der Waals surface area contributed by atoms with Crippen molar-refractivity contribution in [3.8, 4) is 0 Å². The topological polar surface area (TPSA) is 90.7 Å². The predicted octanol–water partition coefficient (Wildman–Crippen LogP) is 2.29. The second-order valence-electron chi connectivity index (χ2n) is 7.30. The molecule has 0 N–H and O–H groups in total. The fourth-order valence-corrected chi connectivity index (χ4v) is 3.38. The predicted molar refractivity (Wildman–Crippen MR) is 114 cm³/mol. The van der Waals surface area contributed by atoms with E-state index in [1.54, 1.807) is 28.8 Å². The van der Waals surface area contributed by atoms with Crippen LogP contribution in [0.4, 0.5) is 0 Å². The lowest BCUT2D eigenvalue weighted by atomic mass is 9.97. The Hall–Kier alpha value is -3.42. The first kappa shape index (κ1) is 22.3. The number of esters is 2. The van der Waals surface area contributed by atoms with Gasteiger partial charge in [-0.05, 0) is 31.4 Å². The van der Waals surface area contributed by atoms with Crippen LogP contribution in [0.5, 0.6) is 0 Å². The molecule has 0 radical (unpaired) electrons. The number of hydrogen-bond donors (Lipinski definition) is 0. The fourth-order valence-electron chi connectivity index (χ4n) is 3.38. The average Bonchev–Trinajstić information content (AvgIpc) is 3.24. The summed E-state index contributed by atoms with van der Waals surface area (Å²) in [4.78, 5) is 37.6. The van der Waals surface area contributed by atoms with E-state index < -0.39 is 5.97 Å². The Bertz CT molecular complexity index is 914. The van der Waals surface area contributed by atoms with E-state index in [0.717, 1.165) is 11.1 Å². The normalized spacial score (nSPS) is 14.5. The lowest BCUT2D eigenvalue weighted by molar-refractivity contribution is -0.153. The number of ether oxygens (including phenoxy) is 2. The molecule has 31 heavy (non-hydrogen) atoms. The number of carbonyl (C=O) groups excluding carboxylic acids is 3. The molecule has 164 valence electrons. The van der Waals surface area contributed by atoms with Gasteiger partial charge in [-0.2, -0.15) is 5.10 Å².